The molecule has 0 aromatic heterocycles. The van der Waals surface area contributed by atoms with Crippen molar-refractivity contribution in [3.8, 4) is 11.5 Å². The molecule has 0 unspecified atom stereocenters. The van der Waals surface area contributed by atoms with E-state index in [2.05, 4.69) is 46.2 Å². The fraction of sp³-hybridized carbons (Fsp3) is 0.182. The Labute approximate surface area is 170 Å². The molecule has 0 spiro atoms. The Morgan fingerprint density at radius 1 is 1.04 bits per heavy atom. The van der Waals surface area contributed by atoms with Crippen LogP contribution in [-0.2, 0) is 6.61 Å². The van der Waals surface area contributed by atoms with Crippen LogP contribution in [0.4, 0.5) is 0 Å². The van der Waals surface area contributed by atoms with E-state index in [-0.39, 0.29) is 0 Å². The van der Waals surface area contributed by atoms with Gasteiger partial charge < -0.3 is 14.8 Å². The van der Waals surface area contributed by atoms with E-state index < -0.39 is 0 Å². The molecule has 28 heavy (non-hydrogen) atoms. The highest BCUT2D eigenvalue weighted by Gasteiger charge is 2.06. The van der Waals surface area contributed by atoms with Crippen molar-refractivity contribution in [2.75, 3.05) is 13.7 Å². The van der Waals surface area contributed by atoms with E-state index in [0.717, 1.165) is 17.7 Å². The van der Waals surface area contributed by atoms with Crippen molar-refractivity contribution >= 4 is 34.3 Å². The maximum Gasteiger partial charge on any atom is 0.186 e. The summed E-state index contributed by atoms with van der Waals surface area (Å²) in [6.07, 6.45) is 1.68. The third kappa shape index (κ3) is 5.20. The molecule has 0 bridgehead atoms. The quantitative estimate of drug-likeness (QED) is 0.357. The maximum absolute atomic E-state index is 5.98. The fourth-order valence-corrected chi connectivity index (χ4v) is 2.94. The monoisotopic (exact) mass is 393 g/mol. The molecule has 0 radical (unpaired) electrons. The van der Waals surface area contributed by atoms with Crippen LogP contribution in [0.25, 0.3) is 10.8 Å². The summed E-state index contributed by atoms with van der Waals surface area (Å²) in [5.41, 5.74) is 4.74. The second-order valence-corrected chi connectivity index (χ2v) is 6.52. The van der Waals surface area contributed by atoms with Crippen molar-refractivity contribution in [1.82, 2.24) is 10.7 Å². The predicted molar refractivity (Wildman–Crippen MR) is 118 cm³/mol. The van der Waals surface area contributed by atoms with Crippen molar-refractivity contribution in [3.63, 3.8) is 0 Å². The van der Waals surface area contributed by atoms with E-state index in [0.29, 0.717) is 23.2 Å². The summed E-state index contributed by atoms with van der Waals surface area (Å²) >= 11 is 5.07. The predicted octanol–water partition coefficient (Wildman–Crippen LogP) is 4.25. The van der Waals surface area contributed by atoms with Crippen molar-refractivity contribution in [1.29, 1.82) is 0 Å². The number of thiocarbonyl (C=S) groups is 1. The lowest BCUT2D eigenvalue weighted by Gasteiger charge is -2.12. The molecule has 0 fully saturated rings. The third-order valence-corrected chi connectivity index (χ3v) is 4.35. The molecule has 6 heteroatoms. The Bertz CT molecular complexity index is 988. The number of hydrogen-bond acceptors (Lipinski definition) is 4. The van der Waals surface area contributed by atoms with E-state index in [4.69, 9.17) is 21.7 Å². The first-order chi connectivity index (χ1) is 13.7. The first-order valence-corrected chi connectivity index (χ1v) is 9.46. The summed E-state index contributed by atoms with van der Waals surface area (Å²) in [7, 11) is 1.62. The van der Waals surface area contributed by atoms with E-state index in [9.17, 15) is 0 Å². The fourth-order valence-electron chi connectivity index (χ4n) is 2.74. The van der Waals surface area contributed by atoms with Gasteiger partial charge in [0, 0.05) is 6.54 Å². The molecule has 0 heterocycles. The van der Waals surface area contributed by atoms with E-state index >= 15 is 0 Å². The molecule has 0 saturated heterocycles. The number of hydrazone groups is 1. The molecule has 3 aromatic carbocycles. The molecule has 144 valence electrons. The normalized spacial score (nSPS) is 10.8. The molecule has 0 aliphatic rings. The van der Waals surface area contributed by atoms with Crippen LogP contribution in [-0.4, -0.2) is 25.0 Å². The van der Waals surface area contributed by atoms with E-state index in [1.807, 2.05) is 37.3 Å². The summed E-state index contributed by atoms with van der Waals surface area (Å²) in [5, 5.41) is 9.98. The summed E-state index contributed by atoms with van der Waals surface area (Å²) in [4.78, 5) is 0. The number of hydrogen-bond donors (Lipinski definition) is 2. The highest BCUT2D eigenvalue weighted by atomic mass is 32.1. The zero-order valence-corrected chi connectivity index (χ0v) is 16.8. The first-order valence-electron chi connectivity index (χ1n) is 9.05. The largest absolute Gasteiger partial charge is 0.493 e. The van der Waals surface area contributed by atoms with Gasteiger partial charge in [0.25, 0.3) is 0 Å². The minimum atomic E-state index is 0.465. The second-order valence-electron chi connectivity index (χ2n) is 6.11. The van der Waals surface area contributed by atoms with Gasteiger partial charge in [0.1, 0.15) is 6.61 Å². The lowest BCUT2D eigenvalue weighted by Crippen LogP contribution is -2.31. The van der Waals surface area contributed by atoms with Crippen LogP contribution < -0.4 is 20.2 Å². The number of nitrogens with zero attached hydrogens (tertiary/aromatic N) is 1. The molecule has 3 rings (SSSR count). The van der Waals surface area contributed by atoms with E-state index in [1.54, 1.807) is 13.3 Å². The van der Waals surface area contributed by atoms with Gasteiger partial charge >= 0.3 is 0 Å². The van der Waals surface area contributed by atoms with Gasteiger partial charge in [0.15, 0.2) is 16.6 Å². The summed E-state index contributed by atoms with van der Waals surface area (Å²) < 4.78 is 11.4. The van der Waals surface area contributed by atoms with Gasteiger partial charge in [-0.15, -0.1) is 0 Å². The molecule has 3 aromatic rings. The molecular formula is C22H23N3O2S. The lowest BCUT2D eigenvalue weighted by atomic mass is 10.1. The minimum absolute atomic E-state index is 0.465. The van der Waals surface area contributed by atoms with Gasteiger partial charge in [-0.2, -0.15) is 5.10 Å². The van der Waals surface area contributed by atoms with Crippen molar-refractivity contribution in [2.45, 2.75) is 13.5 Å². The molecule has 0 amide bonds. The first kappa shape index (κ1) is 19.6. The Morgan fingerprint density at radius 3 is 2.64 bits per heavy atom. The van der Waals surface area contributed by atoms with Crippen molar-refractivity contribution < 1.29 is 9.47 Å². The molecule has 0 saturated carbocycles. The van der Waals surface area contributed by atoms with Crippen LogP contribution in [0.2, 0.25) is 0 Å². The molecule has 5 nitrogen and oxygen atoms in total. The van der Waals surface area contributed by atoms with Crippen LogP contribution in [0.15, 0.2) is 65.8 Å². The highest BCUT2D eigenvalue weighted by Crippen LogP contribution is 2.28. The SMILES string of the molecule is CCNC(=S)N/N=C\c1ccc(OCc2ccc3ccccc3c2)c(OC)c1. The zero-order valence-electron chi connectivity index (χ0n) is 15.9. The molecule has 0 aliphatic heterocycles. The van der Waals surface area contributed by atoms with Crippen molar-refractivity contribution in [3.05, 3.63) is 71.8 Å². The number of ether oxygens (including phenoxy) is 2. The number of methoxy groups -OCH3 is 1. The smallest absolute Gasteiger partial charge is 0.186 e. The Morgan fingerprint density at radius 2 is 1.86 bits per heavy atom. The number of rotatable bonds is 7. The highest BCUT2D eigenvalue weighted by molar-refractivity contribution is 7.80. The average molecular weight is 394 g/mol. The van der Waals surface area contributed by atoms with Crippen LogP contribution >= 0.6 is 12.2 Å². The number of nitrogens with one attached hydrogen (secondary N) is 2. The average Bonchev–Trinajstić information content (AvgIpc) is 2.72. The maximum atomic E-state index is 5.98. The topological polar surface area (TPSA) is 54.9 Å². The van der Waals surface area contributed by atoms with Gasteiger partial charge in [-0.25, -0.2) is 0 Å². The standard InChI is InChI=1S/C22H23N3O2S/c1-3-23-22(28)25-24-14-16-9-11-20(21(13-16)26-2)27-15-17-8-10-18-6-4-5-7-19(18)12-17/h4-14H,3,15H2,1-2H3,(H2,23,25,28)/b24-14-. The third-order valence-electron chi connectivity index (χ3n) is 4.11. The van der Waals surface area contributed by atoms with Gasteiger partial charge in [0.2, 0.25) is 0 Å². The zero-order chi connectivity index (χ0) is 19.8. The summed E-state index contributed by atoms with van der Waals surface area (Å²) in [6, 6.07) is 20.3. The number of benzene rings is 3. The Hall–Kier alpha value is -3.12. The Kier molecular flexibility index (Phi) is 6.81. The minimum Gasteiger partial charge on any atom is -0.493 e. The van der Waals surface area contributed by atoms with Gasteiger partial charge in [-0.05, 0) is 65.3 Å². The molecule has 0 aliphatic carbocycles. The van der Waals surface area contributed by atoms with E-state index in [1.165, 1.54) is 10.8 Å². The summed E-state index contributed by atoms with van der Waals surface area (Å²) in [5.74, 6) is 1.34. The second kappa shape index (κ2) is 9.71. The van der Waals surface area contributed by atoms with Crippen LogP contribution in [0, 0.1) is 0 Å². The molecular weight excluding hydrogens is 370 g/mol. The van der Waals surface area contributed by atoms with Gasteiger partial charge in [-0.3, -0.25) is 5.43 Å². The van der Waals surface area contributed by atoms with Crippen LogP contribution in [0.5, 0.6) is 11.5 Å². The lowest BCUT2D eigenvalue weighted by molar-refractivity contribution is 0.284. The van der Waals surface area contributed by atoms with Crippen molar-refractivity contribution in [2.24, 2.45) is 5.10 Å². The van der Waals surface area contributed by atoms with Crippen LogP contribution in [0.3, 0.4) is 0 Å². The molecule has 0 atom stereocenters. The summed E-state index contributed by atoms with van der Waals surface area (Å²) in [6.45, 7) is 3.19. The Balaban J connectivity index is 1.66. The van der Waals surface area contributed by atoms with Gasteiger partial charge in [-0.1, -0.05) is 36.4 Å². The molecule has 2 N–H and O–H groups in total. The van der Waals surface area contributed by atoms with Gasteiger partial charge in [0.05, 0.1) is 13.3 Å². The number of fused-ring (bicyclic) bond motifs is 1. The van der Waals surface area contributed by atoms with Crippen LogP contribution in [0.1, 0.15) is 18.1 Å².